The van der Waals surface area contributed by atoms with Crippen molar-refractivity contribution in [2.75, 3.05) is 6.54 Å². The summed E-state index contributed by atoms with van der Waals surface area (Å²) in [6.45, 7) is 11.3. The van der Waals surface area contributed by atoms with E-state index in [2.05, 4.69) is 11.8 Å². The van der Waals surface area contributed by atoms with Crippen molar-refractivity contribution in [1.29, 1.82) is 0 Å². The third kappa shape index (κ3) is 11.2. The van der Waals surface area contributed by atoms with Gasteiger partial charge < -0.3 is 4.74 Å². The summed E-state index contributed by atoms with van der Waals surface area (Å²) in [6, 6.07) is 4.98. The Labute approximate surface area is 297 Å². The van der Waals surface area contributed by atoms with Gasteiger partial charge in [0.25, 0.3) is 5.92 Å². The van der Waals surface area contributed by atoms with Crippen LogP contribution in [0.4, 0.5) is 35.1 Å². The molecule has 0 aliphatic carbocycles. The second-order valence-electron chi connectivity index (χ2n) is 14.8. The second kappa shape index (κ2) is 17.1. The molecule has 3 unspecified atom stereocenters. The molecule has 1 aliphatic heterocycles. The summed E-state index contributed by atoms with van der Waals surface area (Å²) in [4.78, 5) is 15.9. The van der Waals surface area contributed by atoms with Gasteiger partial charge in [0, 0.05) is 17.9 Å². The van der Waals surface area contributed by atoms with Crippen LogP contribution in [0, 0.1) is 22.7 Å². The lowest BCUT2D eigenvalue weighted by Crippen LogP contribution is -2.56. The minimum atomic E-state index is -4.70. The zero-order valence-corrected chi connectivity index (χ0v) is 30.4. The van der Waals surface area contributed by atoms with Gasteiger partial charge in [0.05, 0.1) is 29.1 Å². The minimum absolute atomic E-state index is 0.0379. The summed E-state index contributed by atoms with van der Waals surface area (Å²) < 4.78 is 121. The van der Waals surface area contributed by atoms with E-state index in [0.717, 1.165) is 67.8 Å². The van der Waals surface area contributed by atoms with Gasteiger partial charge in [-0.1, -0.05) is 95.4 Å². The third-order valence-electron chi connectivity index (χ3n) is 9.55. The highest BCUT2D eigenvalue weighted by atomic mass is 19.4. The molecule has 0 spiro atoms. The van der Waals surface area contributed by atoms with Crippen molar-refractivity contribution < 1.29 is 44.7 Å². The number of benzene rings is 2. The zero-order chi connectivity index (χ0) is 38.3. The normalized spacial score (nSPS) is 20.1. The summed E-state index contributed by atoms with van der Waals surface area (Å²) in [5.74, 6) is 1.59. The maximum Gasteiger partial charge on any atom is 0.416 e. The fourth-order valence-electron chi connectivity index (χ4n) is 6.75. The van der Waals surface area contributed by atoms with E-state index in [0.29, 0.717) is 38.5 Å². The number of piperidine rings is 1. The number of alkyl halides is 8. The quantitative estimate of drug-likeness (QED) is 0.110. The number of ether oxygens (including phenoxy) is 1. The van der Waals surface area contributed by atoms with Crippen molar-refractivity contribution in [3.05, 3.63) is 70.8 Å². The van der Waals surface area contributed by atoms with Gasteiger partial charge in [0.15, 0.2) is 6.10 Å². The first-order valence-corrected chi connectivity index (χ1v) is 17.9. The van der Waals surface area contributed by atoms with Crippen molar-refractivity contribution in [2.24, 2.45) is 10.8 Å². The van der Waals surface area contributed by atoms with Crippen LogP contribution < -0.4 is 0 Å². The lowest BCUT2D eigenvalue weighted by atomic mass is 9.74. The first kappa shape index (κ1) is 42.3. The van der Waals surface area contributed by atoms with E-state index in [1.807, 2.05) is 41.5 Å². The number of hydrogen-bond donors (Lipinski definition) is 0. The average molecular weight is 730 g/mol. The molecule has 1 heterocycles. The van der Waals surface area contributed by atoms with Gasteiger partial charge in [0.1, 0.15) is 0 Å². The van der Waals surface area contributed by atoms with Crippen molar-refractivity contribution >= 4 is 5.97 Å². The van der Waals surface area contributed by atoms with E-state index in [1.165, 1.54) is 4.90 Å². The van der Waals surface area contributed by atoms with Gasteiger partial charge in [-0.3, -0.25) is 9.69 Å². The van der Waals surface area contributed by atoms with Crippen LogP contribution in [0.2, 0.25) is 0 Å². The Bertz CT molecular complexity index is 1440. The lowest BCUT2D eigenvalue weighted by Gasteiger charge is -2.49. The number of likely N-dealkylation sites (tertiary alicyclic amines) is 1. The van der Waals surface area contributed by atoms with Crippen molar-refractivity contribution in [2.45, 2.75) is 142 Å². The molecule has 3 nitrogen and oxygen atoms in total. The number of carbonyl (C=O) groups excluding carboxylic acids is 1. The van der Waals surface area contributed by atoms with E-state index < -0.39 is 70.8 Å². The van der Waals surface area contributed by atoms with Crippen molar-refractivity contribution in [3.8, 4) is 11.8 Å². The molecule has 284 valence electrons. The van der Waals surface area contributed by atoms with Crippen LogP contribution in [0.3, 0.4) is 0 Å². The van der Waals surface area contributed by atoms with Crippen LogP contribution in [0.5, 0.6) is 0 Å². The molecule has 2 aromatic rings. The monoisotopic (exact) mass is 729 g/mol. The van der Waals surface area contributed by atoms with Gasteiger partial charge >= 0.3 is 18.3 Å². The van der Waals surface area contributed by atoms with Gasteiger partial charge in [-0.05, 0) is 75.4 Å². The highest BCUT2D eigenvalue weighted by Crippen LogP contribution is 2.51. The molecule has 1 saturated heterocycles. The maximum atomic E-state index is 16.8. The summed E-state index contributed by atoms with van der Waals surface area (Å²) in [5, 5.41) is 0. The summed E-state index contributed by atoms with van der Waals surface area (Å²) in [7, 11) is 0. The molecule has 11 heteroatoms. The number of esters is 1. The lowest BCUT2D eigenvalue weighted by molar-refractivity contribution is -0.221. The Hall–Kier alpha value is -3.13. The molecule has 0 N–H and O–H groups in total. The number of rotatable bonds is 14. The highest BCUT2D eigenvalue weighted by Gasteiger charge is 2.58. The molecule has 0 radical (unpaired) electrons. The minimum Gasteiger partial charge on any atom is -0.453 e. The maximum absolute atomic E-state index is 16.8. The predicted molar refractivity (Wildman–Crippen MR) is 183 cm³/mol. The SMILES string of the molecule is CCCCC(CCCC)(CCCC)C(=O)OC1C(c2ccc(C(F)(F)F)cc2)N(CC#CC(C)(C)C)C(c2ccc(C(F)(F)F)cc2)CC1(F)F. The van der Waals surface area contributed by atoms with E-state index in [9.17, 15) is 31.1 Å². The Kier molecular flexibility index (Phi) is 14.2. The molecule has 0 amide bonds. The Morgan fingerprint density at radius 1 is 0.765 bits per heavy atom. The van der Waals surface area contributed by atoms with Crippen LogP contribution in [-0.4, -0.2) is 29.4 Å². The molecule has 1 aliphatic rings. The molecule has 3 atom stereocenters. The second-order valence-corrected chi connectivity index (χ2v) is 14.8. The molecule has 0 aromatic heterocycles. The Morgan fingerprint density at radius 2 is 1.20 bits per heavy atom. The predicted octanol–water partition coefficient (Wildman–Crippen LogP) is 12.4. The van der Waals surface area contributed by atoms with Gasteiger partial charge in [-0.15, -0.1) is 0 Å². The zero-order valence-electron chi connectivity index (χ0n) is 30.4. The molecule has 2 aromatic carbocycles. The van der Waals surface area contributed by atoms with E-state index in [-0.39, 0.29) is 17.7 Å². The van der Waals surface area contributed by atoms with Crippen LogP contribution in [0.25, 0.3) is 0 Å². The first-order chi connectivity index (χ1) is 23.7. The Morgan fingerprint density at radius 3 is 1.59 bits per heavy atom. The van der Waals surface area contributed by atoms with E-state index in [1.54, 1.807) is 0 Å². The largest absolute Gasteiger partial charge is 0.453 e. The fourth-order valence-corrected chi connectivity index (χ4v) is 6.75. The smallest absolute Gasteiger partial charge is 0.416 e. The van der Waals surface area contributed by atoms with Gasteiger partial charge in [0.2, 0.25) is 0 Å². The third-order valence-corrected chi connectivity index (χ3v) is 9.55. The van der Waals surface area contributed by atoms with Crippen molar-refractivity contribution in [3.63, 3.8) is 0 Å². The summed E-state index contributed by atoms with van der Waals surface area (Å²) >= 11 is 0. The number of halogens is 8. The molecule has 1 fully saturated rings. The molecule has 0 bridgehead atoms. The topological polar surface area (TPSA) is 29.5 Å². The number of nitrogens with zero attached hydrogens (tertiary/aromatic N) is 1. The average Bonchev–Trinajstić information content (AvgIpc) is 3.04. The molecular formula is C40H51F8NO2. The van der Waals surface area contributed by atoms with Gasteiger partial charge in [-0.25, -0.2) is 8.78 Å². The molecule has 0 saturated carbocycles. The number of hydrogen-bond acceptors (Lipinski definition) is 3. The molecule has 3 rings (SSSR count). The van der Waals surface area contributed by atoms with Crippen LogP contribution in [0.1, 0.15) is 140 Å². The van der Waals surface area contributed by atoms with Crippen LogP contribution in [0.15, 0.2) is 48.5 Å². The number of unbranched alkanes of at least 4 members (excludes halogenated alkanes) is 3. The summed E-state index contributed by atoms with van der Waals surface area (Å²) in [5.41, 5.74) is -3.29. The van der Waals surface area contributed by atoms with Crippen molar-refractivity contribution in [1.82, 2.24) is 4.90 Å². The standard InChI is InChI=1S/C40H51F8NO2/c1-7-10-23-37(24-11-8-2,25-12-9-3)35(50)51-34-33(29-16-20-31(21-17-29)40(46,47)48)49(26-13-22-36(4,5)6)32(27-38(34,41)42)28-14-18-30(19-15-28)39(43,44)45/h14-21,32-34H,7-12,23-27H2,1-6H3. The first-order valence-electron chi connectivity index (χ1n) is 17.9. The van der Waals surface area contributed by atoms with Crippen LogP contribution in [-0.2, 0) is 21.9 Å². The highest BCUT2D eigenvalue weighted by molar-refractivity contribution is 5.77. The Balaban J connectivity index is 2.27. The van der Waals surface area contributed by atoms with Gasteiger partial charge in [-0.2, -0.15) is 26.3 Å². The van der Waals surface area contributed by atoms with E-state index in [4.69, 9.17) is 4.74 Å². The number of carbonyl (C=O) groups is 1. The molecular weight excluding hydrogens is 678 g/mol. The molecule has 51 heavy (non-hydrogen) atoms. The van der Waals surface area contributed by atoms with E-state index >= 15 is 8.78 Å². The fraction of sp³-hybridized carbons (Fsp3) is 0.625. The van der Waals surface area contributed by atoms with Crippen LogP contribution >= 0.6 is 0 Å². The summed E-state index contributed by atoms with van der Waals surface area (Å²) in [6.07, 6.45) is -6.70.